The van der Waals surface area contributed by atoms with Crippen molar-refractivity contribution in [3.63, 3.8) is 0 Å². The van der Waals surface area contributed by atoms with E-state index in [0.717, 1.165) is 24.9 Å². The molecule has 2 aliphatic rings. The molecule has 1 aliphatic heterocycles. The molecule has 0 bridgehead atoms. The number of hydrogen-bond donors (Lipinski definition) is 1. The molecular weight excluding hydrogens is 214 g/mol. The lowest BCUT2D eigenvalue weighted by Crippen LogP contribution is -2.28. The van der Waals surface area contributed by atoms with Crippen LogP contribution in [0.4, 0.5) is 0 Å². The molecule has 1 N–H and O–H groups in total. The van der Waals surface area contributed by atoms with E-state index in [1.807, 2.05) is 0 Å². The topological polar surface area (TPSA) is 51.0 Å². The van der Waals surface area contributed by atoms with Gasteiger partial charge in [-0.1, -0.05) is 0 Å². The van der Waals surface area contributed by atoms with Crippen LogP contribution in [0.15, 0.2) is 4.42 Å². The van der Waals surface area contributed by atoms with Crippen molar-refractivity contribution in [3.05, 3.63) is 11.8 Å². The van der Waals surface area contributed by atoms with Gasteiger partial charge in [0.05, 0.1) is 0 Å². The fourth-order valence-corrected chi connectivity index (χ4v) is 1.97. The molecule has 0 amide bonds. The summed E-state index contributed by atoms with van der Waals surface area (Å²) in [4.78, 5) is 0. The number of piperidine rings is 1. The van der Waals surface area contributed by atoms with Crippen LogP contribution in [0.5, 0.6) is 0 Å². The normalized spacial score (nSPS) is 26.0. The summed E-state index contributed by atoms with van der Waals surface area (Å²) in [6.45, 7) is 2.12. The average molecular weight is 230 g/mol. The largest absolute Gasteiger partial charge is 0.425 e. The Morgan fingerprint density at radius 3 is 2.40 bits per heavy atom. The first kappa shape index (κ1) is 10.9. The van der Waals surface area contributed by atoms with Crippen molar-refractivity contribution < 1.29 is 4.42 Å². The van der Waals surface area contributed by atoms with Crippen molar-refractivity contribution in [2.45, 2.75) is 37.5 Å². The molecule has 0 spiro atoms. The van der Waals surface area contributed by atoms with Crippen molar-refractivity contribution in [2.75, 3.05) is 13.1 Å². The lowest BCUT2D eigenvalue weighted by molar-refractivity contribution is 0.363. The maximum Gasteiger partial charge on any atom is 0.220 e. The summed E-state index contributed by atoms with van der Waals surface area (Å²) in [6.07, 6.45) is 4.85. The molecule has 1 atom stereocenters. The number of nitrogens with zero attached hydrogens (tertiary/aromatic N) is 2. The number of nitrogens with one attached hydrogen (secondary N) is 1. The van der Waals surface area contributed by atoms with Gasteiger partial charge in [-0.3, -0.25) is 0 Å². The van der Waals surface area contributed by atoms with E-state index in [1.54, 1.807) is 0 Å². The lowest BCUT2D eigenvalue weighted by atomic mass is 10.00. The molecule has 1 aromatic heterocycles. The van der Waals surface area contributed by atoms with Gasteiger partial charge in [-0.15, -0.1) is 22.6 Å². The van der Waals surface area contributed by atoms with Gasteiger partial charge in [0.15, 0.2) is 0 Å². The fourth-order valence-electron chi connectivity index (χ4n) is 1.97. The Balaban J connectivity index is 0.000000853. The van der Waals surface area contributed by atoms with Crippen LogP contribution < -0.4 is 5.32 Å². The average Bonchev–Trinajstić information content (AvgIpc) is 2.98. The third kappa shape index (κ3) is 2.32. The highest BCUT2D eigenvalue weighted by atomic mass is 35.5. The summed E-state index contributed by atoms with van der Waals surface area (Å²) in [5, 5.41) is 11.6. The van der Waals surface area contributed by atoms with Crippen LogP contribution in [0.3, 0.4) is 0 Å². The van der Waals surface area contributed by atoms with Gasteiger partial charge < -0.3 is 9.73 Å². The Morgan fingerprint density at radius 2 is 1.80 bits per heavy atom. The molecular formula is C10H16ClN3O. The molecule has 1 unspecified atom stereocenters. The monoisotopic (exact) mass is 229 g/mol. The maximum absolute atomic E-state index is 5.68. The summed E-state index contributed by atoms with van der Waals surface area (Å²) in [5.41, 5.74) is 0. The van der Waals surface area contributed by atoms with Gasteiger partial charge in [0.25, 0.3) is 0 Å². The van der Waals surface area contributed by atoms with Gasteiger partial charge in [-0.2, -0.15) is 0 Å². The minimum Gasteiger partial charge on any atom is -0.425 e. The molecule has 2 heterocycles. The Kier molecular flexibility index (Phi) is 3.26. The predicted octanol–water partition coefficient (Wildman–Crippen LogP) is 1.84. The molecule has 5 heteroatoms. The van der Waals surface area contributed by atoms with Gasteiger partial charge in [-0.25, -0.2) is 0 Å². The minimum absolute atomic E-state index is 0. The molecule has 0 aromatic carbocycles. The van der Waals surface area contributed by atoms with E-state index < -0.39 is 0 Å². The van der Waals surface area contributed by atoms with E-state index in [0.29, 0.717) is 11.8 Å². The molecule has 1 saturated heterocycles. The molecule has 1 saturated carbocycles. The highest BCUT2D eigenvalue weighted by Gasteiger charge is 2.30. The van der Waals surface area contributed by atoms with E-state index in [1.165, 1.54) is 25.7 Å². The Morgan fingerprint density at radius 1 is 1.07 bits per heavy atom. The van der Waals surface area contributed by atoms with E-state index >= 15 is 0 Å². The highest BCUT2D eigenvalue weighted by Crippen LogP contribution is 2.39. The van der Waals surface area contributed by atoms with Crippen molar-refractivity contribution in [3.8, 4) is 0 Å². The van der Waals surface area contributed by atoms with Crippen LogP contribution in [-0.2, 0) is 0 Å². The Labute approximate surface area is 95.2 Å². The van der Waals surface area contributed by atoms with Gasteiger partial charge in [0, 0.05) is 18.4 Å². The minimum atomic E-state index is 0. The zero-order chi connectivity index (χ0) is 9.38. The third-order valence-electron chi connectivity index (χ3n) is 3.03. The Hall–Kier alpha value is -0.610. The van der Waals surface area contributed by atoms with Crippen LogP contribution in [0.25, 0.3) is 0 Å². The van der Waals surface area contributed by atoms with Crippen LogP contribution in [0, 0.1) is 0 Å². The number of aromatic nitrogens is 2. The molecule has 2 fully saturated rings. The Bertz CT molecular complexity index is 318. The zero-order valence-electron chi connectivity index (χ0n) is 8.61. The van der Waals surface area contributed by atoms with Gasteiger partial charge in [0.1, 0.15) is 0 Å². The highest BCUT2D eigenvalue weighted by molar-refractivity contribution is 5.85. The van der Waals surface area contributed by atoms with Crippen LogP contribution >= 0.6 is 12.4 Å². The molecule has 3 rings (SSSR count). The molecule has 15 heavy (non-hydrogen) atoms. The van der Waals surface area contributed by atoms with Crippen LogP contribution in [0.1, 0.15) is 49.3 Å². The second kappa shape index (κ2) is 4.49. The predicted molar refractivity (Wildman–Crippen MR) is 58.4 cm³/mol. The van der Waals surface area contributed by atoms with Gasteiger partial charge in [-0.05, 0) is 32.2 Å². The van der Waals surface area contributed by atoms with E-state index in [-0.39, 0.29) is 12.4 Å². The maximum atomic E-state index is 5.68. The molecule has 1 aliphatic carbocycles. The lowest BCUT2D eigenvalue weighted by Gasteiger charge is -2.18. The van der Waals surface area contributed by atoms with E-state index in [4.69, 9.17) is 4.42 Å². The van der Waals surface area contributed by atoms with Crippen molar-refractivity contribution in [1.82, 2.24) is 15.5 Å². The SMILES string of the molecule is C1CNCC(c2nnc(C3CC3)o2)C1.Cl. The van der Waals surface area contributed by atoms with E-state index in [9.17, 15) is 0 Å². The summed E-state index contributed by atoms with van der Waals surface area (Å²) in [6, 6.07) is 0. The summed E-state index contributed by atoms with van der Waals surface area (Å²) in [5.74, 6) is 2.74. The van der Waals surface area contributed by atoms with Crippen LogP contribution in [-0.4, -0.2) is 23.3 Å². The number of hydrogen-bond acceptors (Lipinski definition) is 4. The van der Waals surface area contributed by atoms with Crippen molar-refractivity contribution >= 4 is 12.4 Å². The molecule has 1 aromatic rings. The summed E-state index contributed by atoms with van der Waals surface area (Å²) in [7, 11) is 0. The first-order valence-corrected chi connectivity index (χ1v) is 5.47. The first-order chi connectivity index (χ1) is 6.93. The van der Waals surface area contributed by atoms with Crippen molar-refractivity contribution in [1.29, 1.82) is 0 Å². The summed E-state index contributed by atoms with van der Waals surface area (Å²) < 4.78 is 5.68. The molecule has 4 nitrogen and oxygen atoms in total. The number of rotatable bonds is 2. The standard InChI is InChI=1S/C10H15N3O.ClH/c1-2-8(6-11-5-1)10-13-12-9(14-10)7-3-4-7;/h7-8,11H,1-6H2;1H. The van der Waals surface area contributed by atoms with Gasteiger partial charge >= 0.3 is 0 Å². The second-order valence-electron chi connectivity index (χ2n) is 4.30. The number of halogens is 1. The van der Waals surface area contributed by atoms with Crippen LogP contribution in [0.2, 0.25) is 0 Å². The quantitative estimate of drug-likeness (QED) is 0.841. The molecule has 84 valence electrons. The first-order valence-electron chi connectivity index (χ1n) is 5.47. The van der Waals surface area contributed by atoms with Crippen molar-refractivity contribution in [2.24, 2.45) is 0 Å². The third-order valence-corrected chi connectivity index (χ3v) is 3.03. The fraction of sp³-hybridized carbons (Fsp3) is 0.800. The van der Waals surface area contributed by atoms with Gasteiger partial charge in [0.2, 0.25) is 11.8 Å². The smallest absolute Gasteiger partial charge is 0.220 e. The zero-order valence-corrected chi connectivity index (χ0v) is 9.42. The summed E-state index contributed by atoms with van der Waals surface area (Å²) >= 11 is 0. The van der Waals surface area contributed by atoms with E-state index in [2.05, 4.69) is 15.5 Å². The second-order valence-corrected chi connectivity index (χ2v) is 4.30. The molecule has 0 radical (unpaired) electrons.